The molecule has 24 heavy (non-hydrogen) atoms. The molecule has 0 bridgehead atoms. The van der Waals surface area contributed by atoms with Gasteiger partial charge in [-0.15, -0.1) is 12.4 Å². The van der Waals surface area contributed by atoms with Crippen LogP contribution in [0.3, 0.4) is 0 Å². The first kappa shape index (κ1) is 20.3. The maximum Gasteiger partial charge on any atom is 0.161 e. The first-order chi connectivity index (χ1) is 10.9. The molecule has 132 valence electrons. The molecule has 0 saturated carbocycles. The second kappa shape index (κ2) is 8.95. The summed E-state index contributed by atoms with van der Waals surface area (Å²) >= 11 is 0. The van der Waals surface area contributed by atoms with E-state index < -0.39 is 0 Å². The predicted molar refractivity (Wildman–Crippen MR) is 102 cm³/mol. The number of halogens is 1. The fraction of sp³-hybridized carbons (Fsp3) is 0.400. The summed E-state index contributed by atoms with van der Waals surface area (Å²) in [5.74, 6) is 1.54. The van der Waals surface area contributed by atoms with Crippen molar-refractivity contribution < 1.29 is 9.47 Å². The van der Waals surface area contributed by atoms with Crippen LogP contribution >= 0.6 is 12.4 Å². The van der Waals surface area contributed by atoms with E-state index in [1.165, 1.54) is 11.1 Å². The molecule has 2 aromatic carbocycles. The summed E-state index contributed by atoms with van der Waals surface area (Å²) in [5, 5.41) is 3.48. The van der Waals surface area contributed by atoms with Crippen LogP contribution in [0.25, 0.3) is 0 Å². The Labute approximate surface area is 151 Å². The van der Waals surface area contributed by atoms with Crippen LogP contribution in [-0.2, 0) is 13.2 Å². The van der Waals surface area contributed by atoms with Gasteiger partial charge in [0.15, 0.2) is 11.5 Å². The fourth-order valence-electron chi connectivity index (χ4n) is 2.27. The molecule has 2 aromatic rings. The average molecular weight is 350 g/mol. The van der Waals surface area contributed by atoms with Crippen LogP contribution in [0.4, 0.5) is 0 Å². The summed E-state index contributed by atoms with van der Waals surface area (Å²) < 4.78 is 11.4. The van der Waals surface area contributed by atoms with E-state index in [2.05, 4.69) is 57.3 Å². The maximum absolute atomic E-state index is 5.92. The Morgan fingerprint density at radius 2 is 1.71 bits per heavy atom. The zero-order chi connectivity index (χ0) is 16.9. The quantitative estimate of drug-likeness (QED) is 0.805. The van der Waals surface area contributed by atoms with Gasteiger partial charge < -0.3 is 14.8 Å². The van der Waals surface area contributed by atoms with Gasteiger partial charge in [0, 0.05) is 12.1 Å². The Morgan fingerprint density at radius 3 is 2.33 bits per heavy atom. The summed E-state index contributed by atoms with van der Waals surface area (Å²) in [6.07, 6.45) is 0. The van der Waals surface area contributed by atoms with E-state index in [0.717, 1.165) is 23.6 Å². The molecular weight excluding hydrogens is 322 g/mol. The molecule has 0 aromatic heterocycles. The molecule has 2 rings (SSSR count). The number of nitrogens with one attached hydrogen (secondary N) is 1. The third-order valence-electron chi connectivity index (χ3n) is 3.53. The van der Waals surface area contributed by atoms with E-state index in [9.17, 15) is 0 Å². The van der Waals surface area contributed by atoms with Crippen molar-refractivity contribution in [2.75, 3.05) is 7.11 Å². The van der Waals surface area contributed by atoms with Gasteiger partial charge in [0.1, 0.15) is 6.61 Å². The van der Waals surface area contributed by atoms with E-state index in [1.54, 1.807) is 7.11 Å². The zero-order valence-corrected chi connectivity index (χ0v) is 16.0. The fourth-order valence-corrected chi connectivity index (χ4v) is 2.27. The summed E-state index contributed by atoms with van der Waals surface area (Å²) in [5.41, 5.74) is 3.67. The first-order valence-corrected chi connectivity index (χ1v) is 7.98. The topological polar surface area (TPSA) is 30.5 Å². The van der Waals surface area contributed by atoms with Gasteiger partial charge >= 0.3 is 0 Å². The van der Waals surface area contributed by atoms with E-state index >= 15 is 0 Å². The molecule has 0 unspecified atom stereocenters. The van der Waals surface area contributed by atoms with Crippen molar-refractivity contribution in [1.29, 1.82) is 0 Å². The van der Waals surface area contributed by atoms with E-state index in [1.807, 2.05) is 18.2 Å². The number of ether oxygens (including phenoxy) is 2. The molecule has 0 spiro atoms. The minimum atomic E-state index is 0. The van der Waals surface area contributed by atoms with Gasteiger partial charge in [-0.05, 0) is 51.0 Å². The number of rotatable bonds is 6. The second-order valence-corrected chi connectivity index (χ2v) is 6.87. The molecule has 0 radical (unpaired) electrons. The molecule has 1 N–H and O–H groups in total. The molecule has 3 nitrogen and oxygen atoms in total. The molecule has 0 atom stereocenters. The summed E-state index contributed by atoms with van der Waals surface area (Å²) in [4.78, 5) is 0. The number of hydrogen-bond donors (Lipinski definition) is 1. The SMILES string of the molecule is COc1cc(CNC(C)(C)C)ccc1OCc1cccc(C)c1.Cl. The van der Waals surface area contributed by atoms with Crippen LogP contribution in [0.1, 0.15) is 37.5 Å². The van der Waals surface area contributed by atoms with Crippen molar-refractivity contribution in [2.24, 2.45) is 0 Å². The number of aryl methyl sites for hydroxylation is 1. The number of benzene rings is 2. The van der Waals surface area contributed by atoms with Gasteiger partial charge in [0.2, 0.25) is 0 Å². The smallest absolute Gasteiger partial charge is 0.161 e. The van der Waals surface area contributed by atoms with Crippen LogP contribution in [0.5, 0.6) is 11.5 Å². The van der Waals surface area contributed by atoms with Crippen LogP contribution in [0.15, 0.2) is 42.5 Å². The van der Waals surface area contributed by atoms with Crippen molar-refractivity contribution in [3.63, 3.8) is 0 Å². The van der Waals surface area contributed by atoms with Gasteiger partial charge in [-0.3, -0.25) is 0 Å². The van der Waals surface area contributed by atoms with E-state index in [0.29, 0.717) is 6.61 Å². The lowest BCUT2D eigenvalue weighted by Crippen LogP contribution is -2.35. The Morgan fingerprint density at radius 1 is 0.958 bits per heavy atom. The zero-order valence-electron chi connectivity index (χ0n) is 15.2. The Hall–Kier alpha value is -1.71. The average Bonchev–Trinajstić information content (AvgIpc) is 2.50. The summed E-state index contributed by atoms with van der Waals surface area (Å²) in [6.45, 7) is 9.90. The van der Waals surface area contributed by atoms with Gasteiger partial charge in [0.05, 0.1) is 7.11 Å². The Balaban J connectivity index is 0.00000288. The minimum Gasteiger partial charge on any atom is -0.493 e. The molecule has 0 amide bonds. The molecule has 4 heteroatoms. The van der Waals surface area contributed by atoms with Gasteiger partial charge in [-0.2, -0.15) is 0 Å². The molecular formula is C20H28ClNO2. The largest absolute Gasteiger partial charge is 0.493 e. The lowest BCUT2D eigenvalue weighted by atomic mass is 10.1. The highest BCUT2D eigenvalue weighted by Crippen LogP contribution is 2.29. The van der Waals surface area contributed by atoms with Crippen molar-refractivity contribution in [3.05, 3.63) is 59.2 Å². The number of methoxy groups -OCH3 is 1. The Kier molecular flexibility index (Phi) is 7.59. The molecule has 0 aliphatic carbocycles. The van der Waals surface area contributed by atoms with Crippen LogP contribution < -0.4 is 14.8 Å². The van der Waals surface area contributed by atoms with Crippen molar-refractivity contribution in [1.82, 2.24) is 5.32 Å². The van der Waals surface area contributed by atoms with E-state index in [-0.39, 0.29) is 17.9 Å². The molecule has 0 fully saturated rings. The molecule has 0 aliphatic rings. The highest BCUT2D eigenvalue weighted by Gasteiger charge is 2.10. The van der Waals surface area contributed by atoms with Crippen LogP contribution in [0.2, 0.25) is 0 Å². The molecule has 0 saturated heterocycles. The normalized spacial score (nSPS) is 10.9. The predicted octanol–water partition coefficient (Wildman–Crippen LogP) is 4.89. The van der Waals surface area contributed by atoms with Gasteiger partial charge in [-0.25, -0.2) is 0 Å². The molecule has 0 aliphatic heterocycles. The third kappa shape index (κ3) is 6.42. The van der Waals surface area contributed by atoms with Crippen molar-refractivity contribution in [2.45, 2.75) is 46.4 Å². The molecule has 0 heterocycles. The van der Waals surface area contributed by atoms with Crippen molar-refractivity contribution in [3.8, 4) is 11.5 Å². The van der Waals surface area contributed by atoms with E-state index in [4.69, 9.17) is 9.47 Å². The van der Waals surface area contributed by atoms with Crippen LogP contribution in [-0.4, -0.2) is 12.6 Å². The first-order valence-electron chi connectivity index (χ1n) is 7.98. The third-order valence-corrected chi connectivity index (χ3v) is 3.53. The van der Waals surface area contributed by atoms with Crippen molar-refractivity contribution >= 4 is 12.4 Å². The summed E-state index contributed by atoms with van der Waals surface area (Å²) in [6, 6.07) is 14.4. The standard InChI is InChI=1S/C20H27NO2.ClH/c1-15-7-6-8-17(11-15)14-23-18-10-9-16(12-19(18)22-5)13-21-20(2,3)4;/h6-12,21H,13-14H2,1-5H3;1H. The van der Waals surface area contributed by atoms with Crippen LogP contribution in [0, 0.1) is 6.92 Å². The van der Waals surface area contributed by atoms with Gasteiger partial charge in [-0.1, -0.05) is 35.9 Å². The Bertz CT molecular complexity index is 650. The lowest BCUT2D eigenvalue weighted by Gasteiger charge is -2.21. The lowest BCUT2D eigenvalue weighted by molar-refractivity contribution is 0.284. The highest BCUT2D eigenvalue weighted by molar-refractivity contribution is 5.85. The minimum absolute atomic E-state index is 0. The summed E-state index contributed by atoms with van der Waals surface area (Å²) in [7, 11) is 1.68. The van der Waals surface area contributed by atoms with Gasteiger partial charge in [0.25, 0.3) is 0 Å². The monoisotopic (exact) mass is 349 g/mol. The maximum atomic E-state index is 5.92. The second-order valence-electron chi connectivity index (χ2n) is 6.87. The number of hydrogen-bond acceptors (Lipinski definition) is 3. The highest BCUT2D eigenvalue weighted by atomic mass is 35.5.